The van der Waals surface area contributed by atoms with Gasteiger partial charge in [0, 0.05) is 12.5 Å². The van der Waals surface area contributed by atoms with Crippen LogP contribution < -0.4 is 4.72 Å². The van der Waals surface area contributed by atoms with Crippen LogP contribution >= 0.6 is 27.3 Å². The van der Waals surface area contributed by atoms with Gasteiger partial charge in [0.25, 0.3) is 0 Å². The molecule has 8 heteroatoms. The predicted molar refractivity (Wildman–Crippen MR) is 78.0 cm³/mol. The Morgan fingerprint density at radius 2 is 2.21 bits per heavy atom. The van der Waals surface area contributed by atoms with Gasteiger partial charge in [0.2, 0.25) is 10.0 Å². The molecule has 1 atom stereocenters. The number of hydrogen-bond acceptors (Lipinski definition) is 4. The van der Waals surface area contributed by atoms with Crippen molar-refractivity contribution in [2.45, 2.75) is 43.4 Å². The van der Waals surface area contributed by atoms with Gasteiger partial charge in [0.15, 0.2) is 0 Å². The summed E-state index contributed by atoms with van der Waals surface area (Å²) in [5, 5.41) is 8.53. The molecule has 0 saturated carbocycles. The van der Waals surface area contributed by atoms with Crippen LogP contribution in [-0.2, 0) is 14.8 Å². The van der Waals surface area contributed by atoms with Crippen molar-refractivity contribution < 1.29 is 18.3 Å². The topological polar surface area (TPSA) is 83.5 Å². The molecular formula is C11H16BrNO4S2. The van der Waals surface area contributed by atoms with E-state index in [1.54, 1.807) is 13.0 Å². The lowest BCUT2D eigenvalue weighted by Gasteiger charge is -2.12. The highest BCUT2D eigenvalue weighted by atomic mass is 79.9. The van der Waals surface area contributed by atoms with Gasteiger partial charge in [-0.2, -0.15) is 0 Å². The van der Waals surface area contributed by atoms with E-state index in [-0.39, 0.29) is 16.7 Å². The Morgan fingerprint density at radius 3 is 2.68 bits per heavy atom. The van der Waals surface area contributed by atoms with Crippen LogP contribution in [-0.4, -0.2) is 25.5 Å². The fraction of sp³-hybridized carbons (Fsp3) is 0.545. The summed E-state index contributed by atoms with van der Waals surface area (Å²) in [6, 6.07) is 1.33. The maximum Gasteiger partial charge on any atom is 0.303 e. The van der Waals surface area contributed by atoms with Gasteiger partial charge in [-0.05, 0) is 54.2 Å². The SMILES string of the molecule is Cc1cc(S(=O)(=O)NC(C)CCCC(=O)O)sc1Br. The van der Waals surface area contributed by atoms with Crippen molar-refractivity contribution in [2.75, 3.05) is 0 Å². The summed E-state index contributed by atoms with van der Waals surface area (Å²) in [6.07, 6.45) is 0.999. The van der Waals surface area contributed by atoms with Crippen molar-refractivity contribution in [1.82, 2.24) is 4.72 Å². The molecular weight excluding hydrogens is 354 g/mol. The molecule has 0 saturated heterocycles. The number of thiophene rings is 1. The zero-order chi connectivity index (χ0) is 14.6. The maximum atomic E-state index is 12.1. The predicted octanol–water partition coefficient (Wildman–Crippen LogP) is 2.74. The van der Waals surface area contributed by atoms with Gasteiger partial charge in [0.05, 0.1) is 3.79 Å². The number of sulfonamides is 1. The van der Waals surface area contributed by atoms with Gasteiger partial charge in [-0.15, -0.1) is 11.3 Å². The molecule has 0 spiro atoms. The summed E-state index contributed by atoms with van der Waals surface area (Å²) in [5.74, 6) is -0.868. The van der Waals surface area contributed by atoms with Crippen LogP contribution in [0.15, 0.2) is 14.1 Å². The van der Waals surface area contributed by atoms with Crippen LogP contribution in [0, 0.1) is 6.92 Å². The summed E-state index contributed by atoms with van der Waals surface area (Å²) < 4.78 is 27.8. The second-order valence-electron chi connectivity index (χ2n) is 4.33. The van der Waals surface area contributed by atoms with Crippen LogP contribution in [0.4, 0.5) is 0 Å². The van der Waals surface area contributed by atoms with Crippen LogP contribution in [0.25, 0.3) is 0 Å². The molecule has 1 rings (SSSR count). The van der Waals surface area contributed by atoms with E-state index in [0.717, 1.165) is 20.7 Å². The Hall–Kier alpha value is -0.440. The van der Waals surface area contributed by atoms with Crippen molar-refractivity contribution in [3.63, 3.8) is 0 Å². The molecule has 5 nitrogen and oxygen atoms in total. The van der Waals surface area contributed by atoms with Crippen molar-refractivity contribution in [3.8, 4) is 0 Å². The van der Waals surface area contributed by atoms with Gasteiger partial charge in [-0.25, -0.2) is 13.1 Å². The van der Waals surface area contributed by atoms with Crippen molar-refractivity contribution in [1.29, 1.82) is 0 Å². The van der Waals surface area contributed by atoms with Gasteiger partial charge < -0.3 is 5.11 Å². The molecule has 2 N–H and O–H groups in total. The van der Waals surface area contributed by atoms with Crippen LogP contribution in [0.2, 0.25) is 0 Å². The first-order valence-electron chi connectivity index (χ1n) is 5.72. The summed E-state index contributed by atoms with van der Waals surface area (Å²) >= 11 is 4.46. The Labute approximate surface area is 125 Å². The Bertz CT molecular complexity index is 534. The Balaban J connectivity index is 2.61. The minimum atomic E-state index is -3.52. The number of carboxylic acid groups (broad SMARTS) is 1. The first-order valence-corrected chi connectivity index (χ1v) is 8.81. The zero-order valence-corrected chi connectivity index (χ0v) is 13.9. The van der Waals surface area contributed by atoms with Crippen LogP contribution in [0.1, 0.15) is 31.7 Å². The number of rotatable bonds is 7. The second-order valence-corrected chi connectivity index (χ2v) is 8.64. The minimum Gasteiger partial charge on any atom is -0.481 e. The number of aryl methyl sites for hydroxylation is 1. The highest BCUT2D eigenvalue weighted by molar-refractivity contribution is 9.11. The van der Waals surface area contributed by atoms with Crippen LogP contribution in [0.5, 0.6) is 0 Å². The number of nitrogens with one attached hydrogen (secondary N) is 1. The van der Waals surface area contributed by atoms with E-state index in [0.29, 0.717) is 12.8 Å². The third-order valence-electron chi connectivity index (χ3n) is 2.48. The van der Waals surface area contributed by atoms with E-state index in [1.807, 2.05) is 6.92 Å². The largest absolute Gasteiger partial charge is 0.481 e. The van der Waals surface area contributed by atoms with E-state index in [2.05, 4.69) is 20.7 Å². The third-order valence-corrected chi connectivity index (χ3v) is 6.68. The first-order chi connectivity index (χ1) is 8.72. The molecule has 0 aliphatic carbocycles. The first kappa shape index (κ1) is 16.6. The maximum absolute atomic E-state index is 12.1. The summed E-state index contributed by atoms with van der Waals surface area (Å²) in [7, 11) is -3.52. The van der Waals surface area contributed by atoms with Crippen molar-refractivity contribution in [2.24, 2.45) is 0 Å². The normalized spacial score (nSPS) is 13.4. The number of halogens is 1. The molecule has 0 aliphatic heterocycles. The number of carbonyl (C=O) groups is 1. The summed E-state index contributed by atoms with van der Waals surface area (Å²) in [4.78, 5) is 10.4. The monoisotopic (exact) mass is 369 g/mol. The molecule has 1 aromatic heterocycles. The lowest BCUT2D eigenvalue weighted by atomic mass is 10.1. The third kappa shape index (κ3) is 5.21. The Morgan fingerprint density at radius 1 is 1.58 bits per heavy atom. The smallest absolute Gasteiger partial charge is 0.303 e. The quantitative estimate of drug-likeness (QED) is 0.773. The highest BCUT2D eigenvalue weighted by Crippen LogP contribution is 2.30. The fourth-order valence-corrected chi connectivity index (χ4v) is 5.03. The molecule has 0 fully saturated rings. The summed E-state index contributed by atoms with van der Waals surface area (Å²) in [6.45, 7) is 3.56. The highest BCUT2D eigenvalue weighted by Gasteiger charge is 2.20. The van der Waals surface area contributed by atoms with Gasteiger partial charge >= 0.3 is 5.97 Å². The number of carboxylic acids is 1. The average molecular weight is 370 g/mol. The van der Waals surface area contributed by atoms with E-state index in [9.17, 15) is 13.2 Å². The molecule has 1 heterocycles. The molecule has 108 valence electrons. The molecule has 19 heavy (non-hydrogen) atoms. The second kappa shape index (κ2) is 6.83. The minimum absolute atomic E-state index is 0.0513. The Kier molecular flexibility index (Phi) is 5.97. The molecule has 0 aromatic carbocycles. The van der Waals surface area contributed by atoms with Gasteiger partial charge in [-0.3, -0.25) is 4.79 Å². The van der Waals surface area contributed by atoms with Gasteiger partial charge in [0.1, 0.15) is 4.21 Å². The van der Waals surface area contributed by atoms with Crippen LogP contribution in [0.3, 0.4) is 0 Å². The van der Waals surface area contributed by atoms with Crippen molar-refractivity contribution >= 4 is 43.3 Å². The van der Waals surface area contributed by atoms with E-state index in [1.165, 1.54) is 0 Å². The summed E-state index contributed by atoms with van der Waals surface area (Å²) in [5.41, 5.74) is 0.879. The van der Waals surface area contributed by atoms with Crippen molar-refractivity contribution in [3.05, 3.63) is 15.4 Å². The van der Waals surface area contributed by atoms with E-state index < -0.39 is 16.0 Å². The number of aliphatic carboxylic acids is 1. The molecule has 0 amide bonds. The number of hydrogen-bond donors (Lipinski definition) is 2. The molecule has 1 aromatic rings. The zero-order valence-electron chi connectivity index (χ0n) is 10.6. The molecule has 0 bridgehead atoms. The van der Waals surface area contributed by atoms with E-state index in [4.69, 9.17) is 5.11 Å². The standard InChI is InChI=1S/C11H16BrNO4S2/c1-7-6-10(18-11(7)12)19(16,17)13-8(2)4-3-5-9(14)15/h6,8,13H,3-5H2,1-2H3,(H,14,15). The fourth-order valence-electron chi connectivity index (χ4n) is 1.51. The molecule has 0 radical (unpaired) electrons. The van der Waals surface area contributed by atoms with Gasteiger partial charge in [-0.1, -0.05) is 0 Å². The lowest BCUT2D eigenvalue weighted by molar-refractivity contribution is -0.137. The van der Waals surface area contributed by atoms with E-state index >= 15 is 0 Å². The average Bonchev–Trinajstić information content (AvgIpc) is 2.58. The molecule has 0 aliphatic rings. The lowest BCUT2D eigenvalue weighted by Crippen LogP contribution is -2.32. The molecule has 1 unspecified atom stereocenters.